The SMILES string of the molecule is CN(c1ccc(OCC(=O)NCCOc2ccc(S(=O)(=O)N3CCCC3)cc2)cc1)S(C)(=O)=O. The lowest BCUT2D eigenvalue weighted by Gasteiger charge is -2.16. The number of sulfonamides is 2. The first-order valence-corrected chi connectivity index (χ1v) is 14.0. The number of nitrogens with one attached hydrogen (secondary N) is 1. The van der Waals surface area contributed by atoms with Crippen LogP contribution in [0.15, 0.2) is 53.4 Å². The van der Waals surface area contributed by atoms with Crippen LogP contribution >= 0.6 is 0 Å². The largest absolute Gasteiger partial charge is 0.492 e. The standard InChI is InChI=1S/C22H29N3O7S2/c1-24(33(2,27)28)18-5-7-20(8-6-18)32-17-22(26)23-13-16-31-19-9-11-21(12-10-19)34(29,30)25-14-3-4-15-25/h5-12H,3-4,13-17H2,1-2H3,(H,23,26). The van der Waals surface area contributed by atoms with Gasteiger partial charge in [-0.2, -0.15) is 4.31 Å². The fourth-order valence-corrected chi connectivity index (χ4v) is 5.31. The van der Waals surface area contributed by atoms with E-state index in [0.29, 0.717) is 30.3 Å². The molecule has 2 aromatic carbocycles. The van der Waals surface area contributed by atoms with Crippen molar-refractivity contribution in [2.24, 2.45) is 0 Å². The third kappa shape index (κ3) is 6.84. The highest BCUT2D eigenvalue weighted by molar-refractivity contribution is 7.92. The summed E-state index contributed by atoms with van der Waals surface area (Å²) < 4.78 is 61.8. The van der Waals surface area contributed by atoms with Crippen LogP contribution in [-0.4, -0.2) is 73.2 Å². The third-order valence-corrected chi connectivity index (χ3v) is 8.41. The Morgan fingerprint density at radius 2 is 1.50 bits per heavy atom. The molecule has 0 aromatic heterocycles. The van der Waals surface area contributed by atoms with Gasteiger partial charge in [-0.25, -0.2) is 16.8 Å². The highest BCUT2D eigenvalue weighted by atomic mass is 32.2. The van der Waals surface area contributed by atoms with Gasteiger partial charge in [0.2, 0.25) is 20.0 Å². The molecule has 1 amide bonds. The van der Waals surface area contributed by atoms with Gasteiger partial charge in [-0.05, 0) is 61.4 Å². The van der Waals surface area contributed by atoms with Crippen molar-refractivity contribution < 1.29 is 31.1 Å². The minimum absolute atomic E-state index is 0.204. The van der Waals surface area contributed by atoms with E-state index in [1.807, 2.05) is 0 Å². The zero-order valence-electron chi connectivity index (χ0n) is 19.1. The predicted octanol–water partition coefficient (Wildman–Crippen LogP) is 1.44. The van der Waals surface area contributed by atoms with Crippen molar-refractivity contribution in [3.05, 3.63) is 48.5 Å². The van der Waals surface area contributed by atoms with Crippen LogP contribution in [0.3, 0.4) is 0 Å². The van der Waals surface area contributed by atoms with Crippen molar-refractivity contribution >= 4 is 31.6 Å². The zero-order valence-corrected chi connectivity index (χ0v) is 20.8. The molecular weight excluding hydrogens is 482 g/mol. The fourth-order valence-electron chi connectivity index (χ4n) is 3.29. The second-order valence-electron chi connectivity index (χ2n) is 7.79. The lowest BCUT2D eigenvalue weighted by molar-refractivity contribution is -0.123. The molecule has 0 bridgehead atoms. The van der Waals surface area contributed by atoms with Crippen LogP contribution in [0.2, 0.25) is 0 Å². The Labute approximate surface area is 200 Å². The zero-order chi connectivity index (χ0) is 24.8. The molecule has 0 unspecified atom stereocenters. The van der Waals surface area contributed by atoms with Gasteiger partial charge < -0.3 is 14.8 Å². The summed E-state index contributed by atoms with van der Waals surface area (Å²) in [5, 5.41) is 2.67. The molecule has 1 N–H and O–H groups in total. The summed E-state index contributed by atoms with van der Waals surface area (Å²) in [5.74, 6) is 0.596. The van der Waals surface area contributed by atoms with Gasteiger partial charge in [0.15, 0.2) is 6.61 Å². The van der Waals surface area contributed by atoms with Gasteiger partial charge in [0.25, 0.3) is 5.91 Å². The number of amides is 1. The number of nitrogens with zero attached hydrogens (tertiary/aromatic N) is 2. The predicted molar refractivity (Wildman–Crippen MR) is 128 cm³/mol. The molecule has 1 fully saturated rings. The maximum absolute atomic E-state index is 12.5. The molecule has 12 heteroatoms. The van der Waals surface area contributed by atoms with Crippen LogP contribution in [0.4, 0.5) is 5.69 Å². The molecule has 3 rings (SSSR count). The van der Waals surface area contributed by atoms with Gasteiger partial charge in [0.1, 0.15) is 18.1 Å². The van der Waals surface area contributed by atoms with E-state index in [0.717, 1.165) is 23.4 Å². The van der Waals surface area contributed by atoms with E-state index in [4.69, 9.17) is 9.47 Å². The monoisotopic (exact) mass is 511 g/mol. The number of rotatable bonds is 11. The number of hydrogen-bond acceptors (Lipinski definition) is 7. The van der Waals surface area contributed by atoms with Crippen LogP contribution in [0.1, 0.15) is 12.8 Å². The first-order chi connectivity index (χ1) is 16.1. The highest BCUT2D eigenvalue weighted by Crippen LogP contribution is 2.23. The van der Waals surface area contributed by atoms with E-state index in [-0.39, 0.29) is 30.6 Å². The van der Waals surface area contributed by atoms with E-state index in [1.54, 1.807) is 36.4 Å². The first kappa shape index (κ1) is 25.8. The van der Waals surface area contributed by atoms with E-state index in [1.165, 1.54) is 23.5 Å². The summed E-state index contributed by atoms with van der Waals surface area (Å²) in [5.41, 5.74) is 0.484. The molecule has 0 saturated carbocycles. The Morgan fingerprint density at radius 1 is 0.941 bits per heavy atom. The van der Waals surface area contributed by atoms with Crippen LogP contribution in [0, 0.1) is 0 Å². The minimum atomic E-state index is -3.46. The molecule has 0 atom stereocenters. The molecule has 1 saturated heterocycles. The van der Waals surface area contributed by atoms with E-state index < -0.39 is 20.0 Å². The number of hydrogen-bond donors (Lipinski definition) is 1. The van der Waals surface area contributed by atoms with Gasteiger partial charge in [0.05, 0.1) is 23.4 Å². The van der Waals surface area contributed by atoms with Crippen molar-refractivity contribution in [1.82, 2.24) is 9.62 Å². The molecule has 0 aliphatic carbocycles. The van der Waals surface area contributed by atoms with Crippen LogP contribution < -0.4 is 19.1 Å². The molecule has 1 heterocycles. The van der Waals surface area contributed by atoms with Crippen molar-refractivity contribution in [3.8, 4) is 11.5 Å². The number of anilines is 1. The molecule has 1 aliphatic rings. The second kappa shape index (κ2) is 11.1. The molecule has 0 spiro atoms. The molecule has 2 aromatic rings. The lowest BCUT2D eigenvalue weighted by atomic mass is 10.3. The van der Waals surface area contributed by atoms with Gasteiger partial charge in [-0.1, -0.05) is 0 Å². The van der Waals surface area contributed by atoms with Gasteiger partial charge in [-0.15, -0.1) is 0 Å². The molecule has 10 nitrogen and oxygen atoms in total. The average molecular weight is 512 g/mol. The van der Waals surface area contributed by atoms with Crippen LogP contribution in [0.25, 0.3) is 0 Å². The molecule has 0 radical (unpaired) electrons. The second-order valence-corrected chi connectivity index (χ2v) is 11.7. The number of carbonyl (C=O) groups excluding carboxylic acids is 1. The summed E-state index contributed by atoms with van der Waals surface area (Å²) in [4.78, 5) is 12.2. The van der Waals surface area contributed by atoms with Crippen molar-refractivity contribution in [3.63, 3.8) is 0 Å². The van der Waals surface area contributed by atoms with E-state index in [9.17, 15) is 21.6 Å². The lowest BCUT2D eigenvalue weighted by Crippen LogP contribution is -2.32. The first-order valence-electron chi connectivity index (χ1n) is 10.7. The minimum Gasteiger partial charge on any atom is -0.492 e. The molecule has 34 heavy (non-hydrogen) atoms. The average Bonchev–Trinajstić information content (AvgIpc) is 3.36. The Balaban J connectivity index is 1.37. The Kier molecular flexibility index (Phi) is 8.39. The smallest absolute Gasteiger partial charge is 0.258 e. The van der Waals surface area contributed by atoms with Gasteiger partial charge in [0, 0.05) is 20.1 Å². The van der Waals surface area contributed by atoms with E-state index >= 15 is 0 Å². The highest BCUT2D eigenvalue weighted by Gasteiger charge is 2.26. The Morgan fingerprint density at radius 3 is 2.09 bits per heavy atom. The summed E-state index contributed by atoms with van der Waals surface area (Å²) in [6.07, 6.45) is 2.87. The number of benzene rings is 2. The van der Waals surface area contributed by atoms with Crippen molar-refractivity contribution in [2.75, 3.05) is 50.5 Å². The van der Waals surface area contributed by atoms with Crippen molar-refractivity contribution in [1.29, 1.82) is 0 Å². The topological polar surface area (TPSA) is 122 Å². The van der Waals surface area contributed by atoms with Crippen molar-refractivity contribution in [2.45, 2.75) is 17.7 Å². The van der Waals surface area contributed by atoms with Crippen LogP contribution in [-0.2, 0) is 24.8 Å². The maximum Gasteiger partial charge on any atom is 0.258 e. The molecule has 186 valence electrons. The van der Waals surface area contributed by atoms with Gasteiger partial charge >= 0.3 is 0 Å². The summed E-state index contributed by atoms with van der Waals surface area (Å²) >= 11 is 0. The summed E-state index contributed by atoms with van der Waals surface area (Å²) in [6, 6.07) is 12.6. The number of ether oxygens (including phenoxy) is 2. The Bertz CT molecular complexity index is 1180. The van der Waals surface area contributed by atoms with Crippen LogP contribution in [0.5, 0.6) is 11.5 Å². The van der Waals surface area contributed by atoms with Gasteiger partial charge in [-0.3, -0.25) is 9.10 Å². The molecular formula is C22H29N3O7S2. The maximum atomic E-state index is 12.5. The summed E-state index contributed by atoms with van der Waals surface area (Å²) in [6.45, 7) is 1.35. The Hall–Kier alpha value is -2.83. The summed E-state index contributed by atoms with van der Waals surface area (Å²) in [7, 11) is -5.36. The number of carbonyl (C=O) groups is 1. The van der Waals surface area contributed by atoms with E-state index in [2.05, 4.69) is 5.32 Å². The fraction of sp³-hybridized carbons (Fsp3) is 0.409. The third-order valence-electron chi connectivity index (χ3n) is 5.29. The normalized spacial score (nSPS) is 14.5. The quantitative estimate of drug-likeness (QED) is 0.453. The molecule has 1 aliphatic heterocycles.